The third-order valence-electron chi connectivity index (χ3n) is 4.20. The first-order chi connectivity index (χ1) is 10.9. The lowest BCUT2D eigenvalue weighted by molar-refractivity contribution is 0.636. The molecule has 22 heavy (non-hydrogen) atoms. The summed E-state index contributed by atoms with van der Waals surface area (Å²) in [5.74, 6) is 0. The normalized spacial score (nSPS) is 19.6. The van der Waals surface area contributed by atoms with Gasteiger partial charge in [0.1, 0.15) is 0 Å². The molecule has 2 nitrogen and oxygen atoms in total. The maximum absolute atomic E-state index is 3.70. The SMILES string of the molecule is c1ccc([C@H]2Nc3ccccc3N[C@H]2c2ccccc2)cc1. The van der Waals surface area contributed by atoms with E-state index in [0.29, 0.717) is 0 Å². The molecule has 0 aromatic heterocycles. The second-order valence-corrected chi connectivity index (χ2v) is 5.61. The molecule has 4 rings (SSSR count). The average molecular weight is 286 g/mol. The first-order valence-electron chi connectivity index (χ1n) is 7.64. The van der Waals surface area contributed by atoms with Gasteiger partial charge in [0.15, 0.2) is 0 Å². The Bertz CT molecular complexity index is 686. The van der Waals surface area contributed by atoms with Gasteiger partial charge in [0.2, 0.25) is 0 Å². The van der Waals surface area contributed by atoms with Gasteiger partial charge in [0, 0.05) is 0 Å². The molecule has 2 N–H and O–H groups in total. The minimum atomic E-state index is 0.207. The van der Waals surface area contributed by atoms with Crippen LogP contribution in [0.2, 0.25) is 0 Å². The second-order valence-electron chi connectivity index (χ2n) is 5.61. The number of rotatable bonds is 2. The van der Waals surface area contributed by atoms with Crippen molar-refractivity contribution in [3.8, 4) is 0 Å². The standard InChI is InChI=1S/C20H18N2/c1-3-9-15(10-4-1)19-20(16-11-5-2-6-12-16)22-18-14-8-7-13-17(18)21-19/h1-14,19-22H/t19-,20+. The van der Waals surface area contributed by atoms with Crippen LogP contribution in [0.5, 0.6) is 0 Å². The lowest BCUT2D eigenvalue weighted by atomic mass is 9.91. The number of hydrogen-bond acceptors (Lipinski definition) is 2. The quantitative estimate of drug-likeness (QED) is 0.692. The van der Waals surface area contributed by atoms with E-state index in [1.54, 1.807) is 0 Å². The summed E-state index contributed by atoms with van der Waals surface area (Å²) in [6.45, 7) is 0. The summed E-state index contributed by atoms with van der Waals surface area (Å²) in [6.07, 6.45) is 0. The van der Waals surface area contributed by atoms with Gasteiger partial charge in [0.05, 0.1) is 23.5 Å². The maximum atomic E-state index is 3.70. The van der Waals surface area contributed by atoms with Gasteiger partial charge in [-0.3, -0.25) is 0 Å². The number of fused-ring (bicyclic) bond motifs is 1. The highest BCUT2D eigenvalue weighted by atomic mass is 15.1. The molecule has 0 aliphatic carbocycles. The molecule has 3 aromatic carbocycles. The Morgan fingerprint density at radius 2 is 0.818 bits per heavy atom. The molecule has 0 radical (unpaired) electrons. The summed E-state index contributed by atoms with van der Waals surface area (Å²) in [7, 11) is 0. The van der Waals surface area contributed by atoms with Gasteiger partial charge < -0.3 is 10.6 Å². The highest BCUT2D eigenvalue weighted by Gasteiger charge is 2.29. The van der Waals surface area contributed by atoms with Crippen LogP contribution >= 0.6 is 0 Å². The fraction of sp³-hybridized carbons (Fsp3) is 0.100. The zero-order valence-corrected chi connectivity index (χ0v) is 12.2. The summed E-state index contributed by atoms with van der Waals surface area (Å²) in [4.78, 5) is 0. The fourth-order valence-corrected chi connectivity index (χ4v) is 3.11. The molecule has 0 unspecified atom stereocenters. The first kappa shape index (κ1) is 13.0. The Morgan fingerprint density at radius 3 is 1.23 bits per heavy atom. The molecule has 2 heteroatoms. The number of nitrogens with one attached hydrogen (secondary N) is 2. The third kappa shape index (κ3) is 2.33. The van der Waals surface area contributed by atoms with Crippen molar-refractivity contribution in [1.29, 1.82) is 0 Å². The van der Waals surface area contributed by atoms with Gasteiger partial charge in [0.25, 0.3) is 0 Å². The van der Waals surface area contributed by atoms with Crippen molar-refractivity contribution < 1.29 is 0 Å². The van der Waals surface area contributed by atoms with Crippen LogP contribution in [0, 0.1) is 0 Å². The molecule has 108 valence electrons. The van der Waals surface area contributed by atoms with Crippen LogP contribution in [0.3, 0.4) is 0 Å². The molecule has 0 saturated heterocycles. The summed E-state index contributed by atoms with van der Waals surface area (Å²) in [6, 6.07) is 30.0. The Balaban J connectivity index is 1.79. The van der Waals surface area contributed by atoms with E-state index in [0.717, 1.165) is 11.4 Å². The van der Waals surface area contributed by atoms with Gasteiger partial charge in [-0.25, -0.2) is 0 Å². The monoisotopic (exact) mass is 286 g/mol. The van der Waals surface area contributed by atoms with E-state index >= 15 is 0 Å². The van der Waals surface area contributed by atoms with Gasteiger partial charge in [-0.05, 0) is 23.3 Å². The molecule has 3 aromatic rings. The predicted octanol–water partition coefficient (Wildman–Crippen LogP) is 5.01. The maximum Gasteiger partial charge on any atom is 0.0758 e. The van der Waals surface area contributed by atoms with Crippen LogP contribution in [0.1, 0.15) is 23.2 Å². The van der Waals surface area contributed by atoms with Crippen LogP contribution in [0.15, 0.2) is 84.9 Å². The number of para-hydroxylation sites is 2. The molecule has 0 fully saturated rings. The number of hydrogen-bond donors (Lipinski definition) is 2. The van der Waals surface area contributed by atoms with Crippen molar-refractivity contribution in [2.24, 2.45) is 0 Å². The molecule has 0 saturated carbocycles. The van der Waals surface area contributed by atoms with Crippen molar-refractivity contribution >= 4 is 11.4 Å². The molecule has 2 atom stereocenters. The van der Waals surface area contributed by atoms with Crippen molar-refractivity contribution in [3.63, 3.8) is 0 Å². The van der Waals surface area contributed by atoms with Crippen LogP contribution < -0.4 is 10.6 Å². The van der Waals surface area contributed by atoms with Crippen molar-refractivity contribution in [2.75, 3.05) is 10.6 Å². The Morgan fingerprint density at radius 1 is 0.455 bits per heavy atom. The van der Waals surface area contributed by atoms with Gasteiger partial charge in [-0.15, -0.1) is 0 Å². The topological polar surface area (TPSA) is 24.1 Å². The second kappa shape index (κ2) is 5.57. The smallest absolute Gasteiger partial charge is 0.0758 e. The first-order valence-corrected chi connectivity index (χ1v) is 7.64. The van der Waals surface area contributed by atoms with Crippen molar-refractivity contribution in [1.82, 2.24) is 0 Å². The number of benzene rings is 3. The van der Waals surface area contributed by atoms with E-state index in [1.165, 1.54) is 11.1 Å². The third-order valence-corrected chi connectivity index (χ3v) is 4.20. The molecular weight excluding hydrogens is 268 g/mol. The molecular formula is C20H18N2. The largest absolute Gasteiger partial charge is 0.374 e. The fourth-order valence-electron chi connectivity index (χ4n) is 3.11. The Kier molecular flexibility index (Phi) is 3.28. The van der Waals surface area contributed by atoms with Gasteiger partial charge in [-0.1, -0.05) is 72.8 Å². The predicted molar refractivity (Wildman–Crippen MR) is 92.1 cm³/mol. The Labute approximate surface area is 130 Å². The summed E-state index contributed by atoms with van der Waals surface area (Å²) >= 11 is 0. The zero-order valence-electron chi connectivity index (χ0n) is 12.2. The summed E-state index contributed by atoms with van der Waals surface area (Å²) in [5, 5.41) is 7.40. The van der Waals surface area contributed by atoms with E-state index < -0.39 is 0 Å². The molecule has 0 bridgehead atoms. The van der Waals surface area contributed by atoms with E-state index in [9.17, 15) is 0 Å². The van der Waals surface area contributed by atoms with Crippen LogP contribution in [-0.4, -0.2) is 0 Å². The minimum Gasteiger partial charge on any atom is -0.374 e. The van der Waals surface area contributed by atoms with Crippen molar-refractivity contribution in [3.05, 3.63) is 96.1 Å². The lowest BCUT2D eigenvalue weighted by Gasteiger charge is -2.37. The van der Waals surface area contributed by atoms with Crippen LogP contribution in [0.4, 0.5) is 11.4 Å². The van der Waals surface area contributed by atoms with Gasteiger partial charge in [-0.2, -0.15) is 0 Å². The van der Waals surface area contributed by atoms with Gasteiger partial charge >= 0.3 is 0 Å². The molecule has 1 aliphatic heterocycles. The highest BCUT2D eigenvalue weighted by molar-refractivity contribution is 5.72. The molecule has 0 spiro atoms. The summed E-state index contributed by atoms with van der Waals surface area (Å²) in [5.41, 5.74) is 4.89. The summed E-state index contributed by atoms with van der Waals surface area (Å²) < 4.78 is 0. The molecule has 0 amide bonds. The van der Waals surface area contributed by atoms with Crippen LogP contribution in [0.25, 0.3) is 0 Å². The Hall–Kier alpha value is -2.74. The molecule has 1 aliphatic rings. The minimum absolute atomic E-state index is 0.207. The number of anilines is 2. The highest BCUT2D eigenvalue weighted by Crippen LogP contribution is 2.41. The van der Waals surface area contributed by atoms with Crippen molar-refractivity contribution in [2.45, 2.75) is 12.1 Å². The van der Waals surface area contributed by atoms with E-state index in [1.807, 2.05) is 0 Å². The van der Waals surface area contributed by atoms with Crippen LogP contribution in [-0.2, 0) is 0 Å². The zero-order chi connectivity index (χ0) is 14.8. The lowest BCUT2D eigenvalue weighted by Crippen LogP contribution is -2.30. The van der Waals surface area contributed by atoms with E-state index in [2.05, 4.69) is 95.6 Å². The molecule has 1 heterocycles. The average Bonchev–Trinajstić information content (AvgIpc) is 2.62. The van der Waals surface area contributed by atoms with E-state index in [-0.39, 0.29) is 12.1 Å². The van der Waals surface area contributed by atoms with E-state index in [4.69, 9.17) is 0 Å².